The summed E-state index contributed by atoms with van der Waals surface area (Å²) >= 11 is 0. The number of carbonyl (C=O) groups excluding carboxylic acids is 1. The SMILES string of the molecule is Nc1ncnn2c1c(-c1ccc(NC(=O)c3c4n(n(-c5ccccn5)c3=O)CCOC4)cc1)cc2[C@H]1CC[C@@H](O)CC1. The Morgan fingerprint density at radius 3 is 2.64 bits per heavy atom. The summed E-state index contributed by atoms with van der Waals surface area (Å²) in [4.78, 5) is 35.5. The number of benzene rings is 1. The van der Waals surface area contributed by atoms with E-state index in [4.69, 9.17) is 10.5 Å². The molecule has 0 spiro atoms. The lowest BCUT2D eigenvalue weighted by atomic mass is 9.85. The van der Waals surface area contributed by atoms with E-state index in [2.05, 4.69) is 26.4 Å². The quantitative estimate of drug-likeness (QED) is 0.293. The molecule has 0 radical (unpaired) electrons. The van der Waals surface area contributed by atoms with Gasteiger partial charge in [-0.3, -0.25) is 14.3 Å². The molecule has 42 heavy (non-hydrogen) atoms. The van der Waals surface area contributed by atoms with Gasteiger partial charge in [0.2, 0.25) is 0 Å². The molecule has 0 saturated heterocycles. The van der Waals surface area contributed by atoms with Crippen molar-refractivity contribution >= 4 is 22.9 Å². The second-order valence-electron chi connectivity index (χ2n) is 10.7. The number of nitrogens with two attached hydrogens (primary N) is 1. The van der Waals surface area contributed by atoms with E-state index >= 15 is 0 Å². The molecule has 4 N–H and O–H groups in total. The molecule has 1 fully saturated rings. The Labute approximate surface area is 240 Å². The topological polar surface area (TPSA) is 155 Å². The lowest BCUT2D eigenvalue weighted by molar-refractivity contribution is 0.0755. The Balaban J connectivity index is 1.19. The van der Waals surface area contributed by atoms with Crippen molar-refractivity contribution < 1.29 is 14.6 Å². The first kappa shape index (κ1) is 26.1. The zero-order valence-electron chi connectivity index (χ0n) is 22.8. The fourth-order valence-corrected chi connectivity index (χ4v) is 6.13. The van der Waals surface area contributed by atoms with Gasteiger partial charge in [-0.15, -0.1) is 0 Å². The standard InChI is InChI=1S/C30H30N8O4/c31-28-27-22(15-23(37(27)34-17-33-28)19-6-10-21(39)11-7-19)18-4-8-20(9-5-18)35-29(40)26-24-16-42-14-13-36(24)38(30(26)41)25-3-1-2-12-32-25/h1-5,8-9,12,15,17,19,21,39H,6-7,10-11,13-14,16H2,(H,35,40)(H2,31,33,34)/t19-,21+. The van der Waals surface area contributed by atoms with Gasteiger partial charge in [0, 0.05) is 29.1 Å². The summed E-state index contributed by atoms with van der Waals surface area (Å²) in [5.74, 6) is 0.575. The van der Waals surface area contributed by atoms with E-state index < -0.39 is 11.5 Å². The van der Waals surface area contributed by atoms with Gasteiger partial charge in [0.1, 0.15) is 17.4 Å². The van der Waals surface area contributed by atoms with Crippen LogP contribution in [0.3, 0.4) is 0 Å². The van der Waals surface area contributed by atoms with E-state index in [-0.39, 0.29) is 24.2 Å². The predicted octanol–water partition coefficient (Wildman–Crippen LogP) is 3.13. The molecule has 12 heteroatoms. The van der Waals surface area contributed by atoms with Crippen LogP contribution in [-0.2, 0) is 17.9 Å². The average Bonchev–Trinajstić information content (AvgIpc) is 3.54. The van der Waals surface area contributed by atoms with Crippen LogP contribution >= 0.6 is 0 Å². The lowest BCUT2D eigenvalue weighted by Crippen LogP contribution is -2.27. The number of amides is 1. The number of aliphatic hydroxyl groups is 1. The number of carbonyl (C=O) groups is 1. The summed E-state index contributed by atoms with van der Waals surface area (Å²) in [6, 6.07) is 14.8. The van der Waals surface area contributed by atoms with Crippen LogP contribution < -0.4 is 16.6 Å². The van der Waals surface area contributed by atoms with Gasteiger partial charge in [-0.25, -0.2) is 14.5 Å². The van der Waals surface area contributed by atoms with Crippen LogP contribution in [0.15, 0.2) is 65.8 Å². The van der Waals surface area contributed by atoms with Gasteiger partial charge in [0.25, 0.3) is 11.5 Å². The number of aliphatic hydroxyl groups excluding tert-OH is 1. The summed E-state index contributed by atoms with van der Waals surface area (Å²) in [6.45, 7) is 1.03. The van der Waals surface area contributed by atoms with E-state index in [1.165, 1.54) is 11.0 Å². The third-order valence-corrected chi connectivity index (χ3v) is 8.21. The van der Waals surface area contributed by atoms with Gasteiger partial charge in [0.15, 0.2) is 11.6 Å². The molecule has 5 aromatic rings. The largest absolute Gasteiger partial charge is 0.393 e. The van der Waals surface area contributed by atoms with Crippen LogP contribution in [-0.4, -0.2) is 52.7 Å². The molecule has 0 unspecified atom stereocenters. The maximum absolute atomic E-state index is 13.5. The van der Waals surface area contributed by atoms with E-state index in [1.807, 2.05) is 16.6 Å². The molecule has 4 aromatic heterocycles. The van der Waals surface area contributed by atoms with Gasteiger partial charge in [-0.1, -0.05) is 18.2 Å². The summed E-state index contributed by atoms with van der Waals surface area (Å²) in [6.07, 6.45) is 6.07. The van der Waals surface area contributed by atoms with Crippen molar-refractivity contribution in [3.8, 4) is 16.9 Å². The minimum Gasteiger partial charge on any atom is -0.393 e. The zero-order chi connectivity index (χ0) is 28.8. The summed E-state index contributed by atoms with van der Waals surface area (Å²) in [7, 11) is 0. The number of pyridine rings is 1. The van der Waals surface area contributed by atoms with Gasteiger partial charge in [0.05, 0.1) is 31.6 Å². The molecule has 1 aliphatic carbocycles. The Kier molecular flexibility index (Phi) is 6.56. The fraction of sp³-hybridized carbons (Fsp3) is 0.300. The highest BCUT2D eigenvalue weighted by atomic mass is 16.5. The minimum atomic E-state index is -0.509. The molecule has 0 bridgehead atoms. The Hall–Kier alpha value is -4.81. The van der Waals surface area contributed by atoms with Crippen LogP contribution in [0.25, 0.3) is 22.5 Å². The molecule has 2 aliphatic rings. The van der Waals surface area contributed by atoms with Crippen molar-refractivity contribution in [3.63, 3.8) is 0 Å². The first-order chi connectivity index (χ1) is 20.5. The number of aromatic nitrogens is 6. The number of nitrogens with zero attached hydrogens (tertiary/aromatic N) is 6. The van der Waals surface area contributed by atoms with E-state index in [9.17, 15) is 14.7 Å². The van der Waals surface area contributed by atoms with Crippen LogP contribution in [0.1, 0.15) is 53.3 Å². The number of rotatable bonds is 5. The maximum atomic E-state index is 13.5. The lowest BCUT2D eigenvalue weighted by Gasteiger charge is -2.24. The fourth-order valence-electron chi connectivity index (χ4n) is 6.13. The molecule has 1 aliphatic heterocycles. The Bertz CT molecular complexity index is 1830. The molecular formula is C30H30N8O4. The van der Waals surface area contributed by atoms with Crippen LogP contribution in [0.4, 0.5) is 11.5 Å². The summed E-state index contributed by atoms with van der Waals surface area (Å²) in [5, 5.41) is 17.4. The monoisotopic (exact) mass is 566 g/mol. The molecule has 214 valence electrons. The van der Waals surface area contributed by atoms with E-state index in [0.717, 1.165) is 48.0 Å². The minimum absolute atomic E-state index is 0.0371. The number of nitrogen functional groups attached to an aromatic ring is 1. The molecule has 1 aromatic carbocycles. The Morgan fingerprint density at radius 1 is 1.07 bits per heavy atom. The smallest absolute Gasteiger partial charge is 0.286 e. The number of hydrogen-bond donors (Lipinski definition) is 3. The van der Waals surface area contributed by atoms with Crippen molar-refractivity contribution in [1.29, 1.82) is 0 Å². The molecule has 7 rings (SSSR count). The van der Waals surface area contributed by atoms with Crippen LogP contribution in [0, 0.1) is 0 Å². The normalized spacial score (nSPS) is 18.6. The molecular weight excluding hydrogens is 536 g/mol. The summed E-state index contributed by atoms with van der Waals surface area (Å²) in [5.41, 5.74) is 10.5. The molecule has 5 heterocycles. The van der Waals surface area contributed by atoms with Crippen molar-refractivity contribution in [1.82, 2.24) is 28.9 Å². The van der Waals surface area contributed by atoms with Crippen molar-refractivity contribution in [2.45, 2.75) is 50.9 Å². The second-order valence-corrected chi connectivity index (χ2v) is 10.7. The number of fused-ring (bicyclic) bond motifs is 2. The molecule has 0 atom stereocenters. The number of hydrogen-bond acceptors (Lipinski definition) is 8. The highest BCUT2D eigenvalue weighted by Crippen LogP contribution is 2.38. The zero-order valence-corrected chi connectivity index (χ0v) is 22.8. The predicted molar refractivity (Wildman–Crippen MR) is 155 cm³/mol. The highest BCUT2D eigenvalue weighted by Gasteiger charge is 2.29. The van der Waals surface area contributed by atoms with Gasteiger partial charge >= 0.3 is 0 Å². The molecule has 1 saturated carbocycles. The van der Waals surface area contributed by atoms with E-state index in [1.54, 1.807) is 41.2 Å². The van der Waals surface area contributed by atoms with Crippen molar-refractivity contribution in [3.05, 3.63) is 88.4 Å². The van der Waals surface area contributed by atoms with Crippen molar-refractivity contribution in [2.75, 3.05) is 17.7 Å². The molecule has 1 amide bonds. The van der Waals surface area contributed by atoms with Gasteiger partial charge < -0.3 is 20.9 Å². The Morgan fingerprint density at radius 2 is 1.88 bits per heavy atom. The third kappa shape index (κ3) is 4.45. The van der Waals surface area contributed by atoms with Gasteiger partial charge in [-0.05, 0) is 61.6 Å². The molecule has 12 nitrogen and oxygen atoms in total. The van der Waals surface area contributed by atoms with Crippen LogP contribution in [0.2, 0.25) is 0 Å². The first-order valence-electron chi connectivity index (χ1n) is 14.1. The average molecular weight is 567 g/mol. The first-order valence-corrected chi connectivity index (χ1v) is 14.1. The highest BCUT2D eigenvalue weighted by molar-refractivity contribution is 6.05. The maximum Gasteiger partial charge on any atom is 0.286 e. The van der Waals surface area contributed by atoms with Gasteiger partial charge in [-0.2, -0.15) is 9.78 Å². The number of ether oxygens (including phenoxy) is 1. The van der Waals surface area contributed by atoms with E-state index in [0.29, 0.717) is 36.2 Å². The van der Waals surface area contributed by atoms with Crippen molar-refractivity contribution in [2.24, 2.45) is 0 Å². The van der Waals surface area contributed by atoms with Crippen LogP contribution in [0.5, 0.6) is 0 Å². The second kappa shape index (κ2) is 10.5. The third-order valence-electron chi connectivity index (χ3n) is 8.21. The number of nitrogens with one attached hydrogen (secondary N) is 1. The summed E-state index contributed by atoms with van der Waals surface area (Å²) < 4.78 is 10.7. The number of anilines is 2.